The molecule has 0 radical (unpaired) electrons. The molecule has 3 aromatic carbocycles. The van der Waals surface area contributed by atoms with E-state index < -0.39 is 77.0 Å². The van der Waals surface area contributed by atoms with Gasteiger partial charge >= 0.3 is 5.97 Å². The zero-order valence-electron chi connectivity index (χ0n) is 32.0. The fourth-order valence-corrected chi connectivity index (χ4v) is 9.64. The van der Waals surface area contributed by atoms with Gasteiger partial charge in [0.1, 0.15) is 17.7 Å². The number of aryl methyl sites for hydroxylation is 2. The van der Waals surface area contributed by atoms with Crippen molar-refractivity contribution in [2.75, 3.05) is 31.8 Å². The first kappa shape index (κ1) is 41.0. The lowest BCUT2D eigenvalue weighted by Gasteiger charge is -2.39. The molecule has 6 rings (SSSR count). The van der Waals surface area contributed by atoms with Crippen molar-refractivity contribution in [3.8, 4) is 0 Å². The number of methoxy groups -OCH3 is 1. The minimum absolute atomic E-state index is 0.0295. The zero-order chi connectivity index (χ0) is 40.1. The number of ether oxygens (including phenoxy) is 3. The van der Waals surface area contributed by atoms with Gasteiger partial charge in [0.2, 0.25) is 11.8 Å². The smallest absolute Gasteiger partial charge is 0.313 e. The molecule has 2 N–H and O–H groups in total. The normalized spacial score (nSPS) is 25.2. The minimum Gasteiger partial charge on any atom is -0.455 e. The largest absolute Gasteiger partial charge is 0.455 e. The molecule has 1 unspecified atom stereocenters. The van der Waals surface area contributed by atoms with Crippen LogP contribution >= 0.6 is 15.9 Å². The maximum absolute atomic E-state index is 15.3. The first-order chi connectivity index (χ1) is 27.0. The maximum Gasteiger partial charge on any atom is 0.313 e. The number of alkyl halides is 1. The quantitative estimate of drug-likeness (QED) is 0.101. The average Bonchev–Trinajstić information content (AvgIpc) is 3.80. The molecule has 3 saturated heterocycles. The maximum atomic E-state index is 15.3. The Morgan fingerprint density at radius 3 is 2.36 bits per heavy atom. The van der Waals surface area contributed by atoms with Crippen LogP contribution in [0.15, 0.2) is 104 Å². The Kier molecular flexibility index (Phi) is 12.9. The third-order valence-corrected chi connectivity index (χ3v) is 12.0. The van der Waals surface area contributed by atoms with Gasteiger partial charge in [0.25, 0.3) is 5.91 Å². The molecular formula is C44H50BrN3O8. The SMILES string of the molecule is C=CCCC(=O)N[C@H](COC)[C@H](OC(=O)[C@H]1[C@@H]2O[C@@]3(CC2Br)[C@@H]1C(=O)N([C@H](CO)c1ccccc1)[C@@H]3C(=O)N(CC=C)c1cc(C)ccc1C)c1ccccc1. The predicted molar refractivity (Wildman–Crippen MR) is 216 cm³/mol. The number of aliphatic hydroxyl groups excluding tert-OH is 1. The van der Waals surface area contributed by atoms with Gasteiger partial charge in [-0.3, -0.25) is 19.2 Å². The molecular weight excluding hydrogens is 778 g/mol. The van der Waals surface area contributed by atoms with Crippen LogP contribution in [0.2, 0.25) is 0 Å². The van der Waals surface area contributed by atoms with Crippen LogP contribution in [0.1, 0.15) is 53.7 Å². The summed E-state index contributed by atoms with van der Waals surface area (Å²) in [5, 5.41) is 14.0. The summed E-state index contributed by atoms with van der Waals surface area (Å²) in [6.45, 7) is 11.2. The van der Waals surface area contributed by atoms with Crippen molar-refractivity contribution < 1.29 is 38.5 Å². The van der Waals surface area contributed by atoms with E-state index in [1.165, 1.54) is 12.0 Å². The highest BCUT2D eigenvalue weighted by atomic mass is 79.9. The number of fused-ring (bicyclic) bond motifs is 1. The Morgan fingerprint density at radius 2 is 1.73 bits per heavy atom. The van der Waals surface area contributed by atoms with Crippen LogP contribution in [0.25, 0.3) is 0 Å². The number of allylic oxidation sites excluding steroid dienone is 1. The summed E-state index contributed by atoms with van der Waals surface area (Å²) in [7, 11) is 1.50. The van der Waals surface area contributed by atoms with Gasteiger partial charge in [-0.05, 0) is 55.0 Å². The molecule has 3 aliphatic rings. The molecule has 0 aromatic heterocycles. The van der Waals surface area contributed by atoms with Crippen molar-refractivity contribution in [3.63, 3.8) is 0 Å². The summed E-state index contributed by atoms with van der Waals surface area (Å²) in [6, 6.07) is 21.0. The van der Waals surface area contributed by atoms with Crippen molar-refractivity contribution in [3.05, 3.63) is 126 Å². The first-order valence-electron chi connectivity index (χ1n) is 18.9. The van der Waals surface area contributed by atoms with E-state index in [0.29, 0.717) is 23.2 Å². The molecule has 3 heterocycles. The van der Waals surface area contributed by atoms with Crippen LogP contribution in [0.4, 0.5) is 5.69 Å². The summed E-state index contributed by atoms with van der Waals surface area (Å²) in [6.07, 6.45) is 2.37. The molecule has 12 heteroatoms. The molecule has 0 saturated carbocycles. The first-order valence-corrected chi connectivity index (χ1v) is 19.9. The van der Waals surface area contributed by atoms with Gasteiger partial charge in [0.15, 0.2) is 0 Å². The number of esters is 1. The van der Waals surface area contributed by atoms with Gasteiger partial charge in [0, 0.05) is 30.6 Å². The van der Waals surface area contributed by atoms with E-state index in [4.69, 9.17) is 14.2 Å². The van der Waals surface area contributed by atoms with Gasteiger partial charge in [0.05, 0.1) is 43.2 Å². The number of anilines is 1. The zero-order valence-corrected chi connectivity index (χ0v) is 33.6. The molecule has 3 aliphatic heterocycles. The fraction of sp³-hybridized carbons (Fsp3) is 0.409. The van der Waals surface area contributed by atoms with Crippen LogP contribution in [0, 0.1) is 25.7 Å². The fourth-order valence-electron chi connectivity index (χ4n) is 8.70. The van der Waals surface area contributed by atoms with E-state index in [0.717, 1.165) is 11.1 Å². The molecule has 2 bridgehead atoms. The van der Waals surface area contributed by atoms with E-state index in [1.54, 1.807) is 41.3 Å². The number of carbonyl (C=O) groups is 4. The molecule has 296 valence electrons. The lowest BCUT2D eigenvalue weighted by Crippen LogP contribution is -2.57. The second kappa shape index (κ2) is 17.7. The third-order valence-electron chi connectivity index (χ3n) is 11.2. The highest BCUT2D eigenvalue weighted by Crippen LogP contribution is 2.61. The van der Waals surface area contributed by atoms with E-state index in [1.807, 2.05) is 68.4 Å². The topological polar surface area (TPSA) is 135 Å². The summed E-state index contributed by atoms with van der Waals surface area (Å²) >= 11 is 3.77. The van der Waals surface area contributed by atoms with Crippen molar-refractivity contribution in [1.29, 1.82) is 0 Å². The van der Waals surface area contributed by atoms with Crippen LogP contribution in [0.3, 0.4) is 0 Å². The van der Waals surface area contributed by atoms with Gasteiger partial charge in [-0.2, -0.15) is 0 Å². The number of hydrogen-bond acceptors (Lipinski definition) is 8. The molecule has 11 nitrogen and oxygen atoms in total. The number of benzene rings is 3. The van der Waals surface area contributed by atoms with Gasteiger partial charge in [-0.1, -0.05) is 101 Å². The van der Waals surface area contributed by atoms with Crippen molar-refractivity contribution in [2.45, 2.75) is 73.9 Å². The van der Waals surface area contributed by atoms with Crippen LogP contribution in [-0.2, 0) is 33.4 Å². The molecule has 3 amide bonds. The van der Waals surface area contributed by atoms with Crippen LogP contribution in [-0.4, -0.2) is 89.2 Å². The van der Waals surface area contributed by atoms with E-state index in [2.05, 4.69) is 34.4 Å². The number of halogens is 1. The van der Waals surface area contributed by atoms with Crippen LogP contribution in [0.5, 0.6) is 0 Å². The number of carbonyl (C=O) groups excluding carboxylic acids is 4. The lowest BCUT2D eigenvalue weighted by atomic mass is 9.70. The summed E-state index contributed by atoms with van der Waals surface area (Å²) in [5.74, 6) is -4.13. The number of nitrogens with zero attached hydrogens (tertiary/aromatic N) is 2. The minimum atomic E-state index is -1.46. The number of nitrogens with one attached hydrogen (secondary N) is 1. The van der Waals surface area contributed by atoms with E-state index >= 15 is 9.59 Å². The average molecular weight is 829 g/mol. The monoisotopic (exact) mass is 827 g/mol. The second-order valence-corrected chi connectivity index (χ2v) is 15.9. The van der Waals surface area contributed by atoms with Crippen molar-refractivity contribution >= 4 is 45.3 Å². The van der Waals surface area contributed by atoms with E-state index in [-0.39, 0.29) is 31.9 Å². The highest BCUT2D eigenvalue weighted by molar-refractivity contribution is 9.09. The molecule has 9 atom stereocenters. The summed E-state index contributed by atoms with van der Waals surface area (Å²) in [4.78, 5) is 61.0. The molecule has 3 fully saturated rings. The molecule has 56 heavy (non-hydrogen) atoms. The Hall–Kier alpha value is -4.62. The van der Waals surface area contributed by atoms with E-state index in [9.17, 15) is 14.7 Å². The molecule has 1 spiro atoms. The number of aliphatic hydroxyl groups is 1. The van der Waals surface area contributed by atoms with Gasteiger partial charge in [-0.25, -0.2) is 0 Å². The number of amides is 3. The Bertz CT molecular complexity index is 1930. The summed E-state index contributed by atoms with van der Waals surface area (Å²) < 4.78 is 18.8. The summed E-state index contributed by atoms with van der Waals surface area (Å²) in [5.41, 5.74) is 2.24. The Morgan fingerprint density at radius 1 is 1.05 bits per heavy atom. The predicted octanol–water partition coefficient (Wildman–Crippen LogP) is 5.69. The third kappa shape index (κ3) is 7.72. The second-order valence-electron chi connectivity index (χ2n) is 14.8. The van der Waals surface area contributed by atoms with Crippen molar-refractivity contribution in [2.24, 2.45) is 11.8 Å². The highest BCUT2D eigenvalue weighted by Gasteiger charge is 2.78. The van der Waals surface area contributed by atoms with Crippen LogP contribution < -0.4 is 10.2 Å². The lowest BCUT2D eigenvalue weighted by molar-refractivity contribution is -0.163. The number of hydrogen-bond donors (Lipinski definition) is 2. The van der Waals surface area contributed by atoms with Gasteiger partial charge < -0.3 is 34.4 Å². The Balaban J connectivity index is 1.44. The standard InChI is InChI=1S/C44H50BrN3O8/c1-6-8-19-35(50)46-32(26-54-5)38(30-17-13-10-14-18-30)55-43(53)36-37-41(51)48(34(25-49)29-15-11-9-12-16-29)40(44(37)24-31(45)39(36)56-44)42(52)47(22-7-2)33-23-27(3)20-21-28(33)4/h6-7,9-18,20-21,23,31-32,34,36-40,49H,1-2,8,19,22,24-26H2,3-5H3,(H,46,50)/t31?,32-,34-,36-,37+,38-,39-,40-,44+/m1/s1. The molecule has 3 aromatic rings. The van der Waals surface area contributed by atoms with Gasteiger partial charge in [-0.15, -0.1) is 13.2 Å². The number of likely N-dealkylation sites (tertiary alicyclic amines) is 1. The number of rotatable bonds is 17. The Labute approximate surface area is 336 Å². The molecule has 0 aliphatic carbocycles. The van der Waals surface area contributed by atoms with Crippen molar-refractivity contribution in [1.82, 2.24) is 10.2 Å².